The highest BCUT2D eigenvalue weighted by molar-refractivity contribution is 6.04. The van der Waals surface area contributed by atoms with Crippen LogP contribution in [0.4, 0.5) is 5.69 Å². The number of nitrogens with one attached hydrogen (secondary N) is 2. The molecule has 2 rings (SSSR count). The topological polar surface area (TPSA) is 67.4 Å². The lowest BCUT2D eigenvalue weighted by atomic mass is 9.98. The van der Waals surface area contributed by atoms with Gasteiger partial charge in [-0.05, 0) is 41.7 Å². The van der Waals surface area contributed by atoms with Crippen LogP contribution < -0.4 is 15.4 Å². The molecule has 2 aromatic rings. The van der Waals surface area contributed by atoms with Gasteiger partial charge in [0, 0.05) is 12.2 Å². The summed E-state index contributed by atoms with van der Waals surface area (Å²) in [4.78, 5) is 24.3. The summed E-state index contributed by atoms with van der Waals surface area (Å²) in [5.74, 6) is 0.430. The Morgan fingerprint density at radius 2 is 1.73 bits per heavy atom. The highest BCUT2D eigenvalue weighted by atomic mass is 16.5. The van der Waals surface area contributed by atoms with Crippen molar-refractivity contribution in [1.82, 2.24) is 5.32 Å². The van der Waals surface area contributed by atoms with Crippen LogP contribution in [0.1, 0.15) is 42.9 Å². The molecule has 0 aliphatic heterocycles. The highest BCUT2D eigenvalue weighted by Crippen LogP contribution is 2.27. The Bertz CT molecular complexity index is 767. The summed E-state index contributed by atoms with van der Waals surface area (Å²) in [6, 6.07) is 13.3. The van der Waals surface area contributed by atoms with Gasteiger partial charge in [-0.2, -0.15) is 0 Å². The Labute approximate surface area is 154 Å². The molecule has 0 bridgehead atoms. The van der Waals surface area contributed by atoms with Crippen molar-refractivity contribution in [2.24, 2.45) is 0 Å². The number of aryl methyl sites for hydroxylation is 1. The van der Waals surface area contributed by atoms with Crippen LogP contribution in [-0.4, -0.2) is 18.9 Å². The monoisotopic (exact) mass is 354 g/mol. The van der Waals surface area contributed by atoms with Crippen molar-refractivity contribution < 1.29 is 14.3 Å². The molecule has 5 heteroatoms. The first-order valence-electron chi connectivity index (χ1n) is 8.69. The molecule has 0 aliphatic rings. The Kier molecular flexibility index (Phi) is 6.78. The molecule has 0 aliphatic carbocycles. The van der Waals surface area contributed by atoms with Gasteiger partial charge < -0.3 is 15.4 Å². The third-order valence-electron chi connectivity index (χ3n) is 4.16. The van der Waals surface area contributed by atoms with Gasteiger partial charge in [0.25, 0.3) is 0 Å². The number of benzene rings is 2. The first kappa shape index (κ1) is 19.5. The van der Waals surface area contributed by atoms with E-state index >= 15 is 0 Å². The number of ether oxygens (including phenoxy) is 1. The van der Waals surface area contributed by atoms with E-state index < -0.39 is 0 Å². The molecule has 138 valence electrons. The maximum Gasteiger partial charge on any atom is 0.233 e. The molecular formula is C21H26N2O3. The molecule has 0 saturated carbocycles. The average molecular weight is 354 g/mol. The molecule has 0 heterocycles. The molecule has 0 unspecified atom stereocenters. The quantitative estimate of drug-likeness (QED) is 0.744. The fourth-order valence-electron chi connectivity index (χ4n) is 2.68. The maximum absolute atomic E-state index is 12.3. The van der Waals surface area contributed by atoms with Gasteiger partial charge >= 0.3 is 0 Å². The molecule has 0 saturated heterocycles. The van der Waals surface area contributed by atoms with E-state index in [0.29, 0.717) is 6.54 Å². The molecule has 2 amide bonds. The van der Waals surface area contributed by atoms with Crippen molar-refractivity contribution in [3.63, 3.8) is 0 Å². The van der Waals surface area contributed by atoms with Crippen LogP contribution in [0.5, 0.6) is 5.75 Å². The minimum absolute atomic E-state index is 0.206. The van der Waals surface area contributed by atoms with Crippen LogP contribution in [0.15, 0.2) is 42.5 Å². The smallest absolute Gasteiger partial charge is 0.233 e. The lowest BCUT2D eigenvalue weighted by molar-refractivity contribution is -0.126. The zero-order valence-corrected chi connectivity index (χ0v) is 15.8. The van der Waals surface area contributed by atoms with E-state index in [1.807, 2.05) is 49.4 Å². The standard InChI is InChI=1S/C21H26N2O3/c1-14(2)18-7-5-6-15(3)21(18)23-20(25)12-19(24)22-13-16-8-10-17(26-4)11-9-16/h5-11,14H,12-13H2,1-4H3,(H,22,24)(H,23,25). The summed E-state index contributed by atoms with van der Waals surface area (Å²) in [7, 11) is 1.61. The van der Waals surface area contributed by atoms with E-state index in [0.717, 1.165) is 28.1 Å². The van der Waals surface area contributed by atoms with Crippen LogP contribution in [0.25, 0.3) is 0 Å². The molecule has 0 atom stereocenters. The second kappa shape index (κ2) is 9.04. The van der Waals surface area contributed by atoms with E-state index in [-0.39, 0.29) is 24.2 Å². The first-order valence-corrected chi connectivity index (χ1v) is 8.69. The first-order chi connectivity index (χ1) is 12.4. The third-order valence-corrected chi connectivity index (χ3v) is 4.16. The molecule has 2 N–H and O–H groups in total. The zero-order valence-electron chi connectivity index (χ0n) is 15.8. The van der Waals surface area contributed by atoms with E-state index in [4.69, 9.17) is 4.74 Å². The van der Waals surface area contributed by atoms with Gasteiger partial charge in [0.1, 0.15) is 12.2 Å². The Morgan fingerprint density at radius 1 is 1.04 bits per heavy atom. The van der Waals surface area contributed by atoms with Gasteiger partial charge in [-0.1, -0.05) is 44.2 Å². The SMILES string of the molecule is COc1ccc(CNC(=O)CC(=O)Nc2c(C)cccc2C(C)C)cc1. The minimum atomic E-state index is -0.312. The second-order valence-electron chi connectivity index (χ2n) is 6.54. The highest BCUT2D eigenvalue weighted by Gasteiger charge is 2.14. The van der Waals surface area contributed by atoms with Crippen molar-refractivity contribution in [2.75, 3.05) is 12.4 Å². The minimum Gasteiger partial charge on any atom is -0.497 e. The summed E-state index contributed by atoms with van der Waals surface area (Å²) >= 11 is 0. The summed E-state index contributed by atoms with van der Waals surface area (Å²) in [5, 5.41) is 5.65. The van der Waals surface area contributed by atoms with Crippen LogP contribution in [0.2, 0.25) is 0 Å². The fraction of sp³-hybridized carbons (Fsp3) is 0.333. The summed E-state index contributed by atoms with van der Waals surface area (Å²) in [5.41, 5.74) is 3.80. The number of methoxy groups -OCH3 is 1. The number of hydrogen-bond acceptors (Lipinski definition) is 3. The van der Waals surface area contributed by atoms with Gasteiger partial charge in [-0.3, -0.25) is 9.59 Å². The fourth-order valence-corrected chi connectivity index (χ4v) is 2.68. The van der Waals surface area contributed by atoms with Gasteiger partial charge in [0.2, 0.25) is 11.8 Å². The molecule has 0 fully saturated rings. The number of rotatable bonds is 7. The van der Waals surface area contributed by atoms with Crippen LogP contribution in [0.3, 0.4) is 0 Å². The molecule has 2 aromatic carbocycles. The molecule has 0 radical (unpaired) electrons. The van der Waals surface area contributed by atoms with Crippen molar-refractivity contribution in [3.8, 4) is 5.75 Å². The normalized spacial score (nSPS) is 10.5. The summed E-state index contributed by atoms with van der Waals surface area (Å²) < 4.78 is 5.10. The summed E-state index contributed by atoms with van der Waals surface area (Å²) in [6.45, 7) is 6.47. The van der Waals surface area contributed by atoms with E-state index in [9.17, 15) is 9.59 Å². The lowest BCUT2D eigenvalue weighted by Gasteiger charge is -2.16. The Balaban J connectivity index is 1.90. The van der Waals surface area contributed by atoms with Crippen LogP contribution >= 0.6 is 0 Å². The number of amides is 2. The van der Waals surface area contributed by atoms with Crippen LogP contribution in [0, 0.1) is 6.92 Å². The van der Waals surface area contributed by atoms with E-state index in [2.05, 4.69) is 24.5 Å². The van der Waals surface area contributed by atoms with Crippen LogP contribution in [-0.2, 0) is 16.1 Å². The van der Waals surface area contributed by atoms with Crippen molar-refractivity contribution >= 4 is 17.5 Å². The largest absolute Gasteiger partial charge is 0.497 e. The molecule has 0 spiro atoms. The number of carbonyl (C=O) groups is 2. The number of carbonyl (C=O) groups excluding carboxylic acids is 2. The molecular weight excluding hydrogens is 328 g/mol. The number of hydrogen-bond donors (Lipinski definition) is 2. The van der Waals surface area contributed by atoms with Gasteiger partial charge in [-0.25, -0.2) is 0 Å². The van der Waals surface area contributed by atoms with Crippen molar-refractivity contribution in [1.29, 1.82) is 0 Å². The average Bonchev–Trinajstić information content (AvgIpc) is 2.61. The molecule has 26 heavy (non-hydrogen) atoms. The van der Waals surface area contributed by atoms with Gasteiger partial charge in [0.05, 0.1) is 7.11 Å². The predicted molar refractivity (Wildman–Crippen MR) is 103 cm³/mol. The number of anilines is 1. The Hall–Kier alpha value is -2.82. The second-order valence-corrected chi connectivity index (χ2v) is 6.54. The van der Waals surface area contributed by atoms with Gasteiger partial charge in [-0.15, -0.1) is 0 Å². The summed E-state index contributed by atoms with van der Waals surface area (Å²) in [6.07, 6.45) is -0.206. The molecule has 5 nitrogen and oxygen atoms in total. The van der Waals surface area contributed by atoms with E-state index in [1.54, 1.807) is 7.11 Å². The van der Waals surface area contributed by atoms with E-state index in [1.165, 1.54) is 0 Å². The third kappa shape index (κ3) is 5.34. The Morgan fingerprint density at radius 3 is 2.35 bits per heavy atom. The van der Waals surface area contributed by atoms with Crippen molar-refractivity contribution in [3.05, 3.63) is 59.2 Å². The predicted octanol–water partition coefficient (Wildman–Crippen LogP) is 3.77. The van der Waals surface area contributed by atoms with Crippen molar-refractivity contribution in [2.45, 2.75) is 39.7 Å². The molecule has 0 aromatic heterocycles. The zero-order chi connectivity index (χ0) is 19.1. The maximum atomic E-state index is 12.3. The lowest BCUT2D eigenvalue weighted by Crippen LogP contribution is -2.28. The van der Waals surface area contributed by atoms with Gasteiger partial charge in [0.15, 0.2) is 0 Å². The number of para-hydroxylation sites is 1.